The lowest BCUT2D eigenvalue weighted by atomic mass is 9.54. The summed E-state index contributed by atoms with van der Waals surface area (Å²) in [6.07, 6.45) is 3.31. The number of carbonyl (C=O) groups excluding carboxylic acids is 2. The number of rotatable bonds is 1. The molecule has 0 radical (unpaired) electrons. The maximum absolute atomic E-state index is 11.7. The molecule has 2 fully saturated rings. The van der Waals surface area contributed by atoms with Crippen LogP contribution in [-0.2, 0) is 14.3 Å². The molecule has 2 aliphatic rings. The molecule has 3 heteroatoms. The predicted molar refractivity (Wildman–Crippen MR) is 55.2 cm³/mol. The van der Waals surface area contributed by atoms with Gasteiger partial charge in [-0.15, -0.1) is 0 Å². The third-order valence-corrected chi connectivity index (χ3v) is 3.77. The summed E-state index contributed by atoms with van der Waals surface area (Å²) in [6, 6.07) is 0. The van der Waals surface area contributed by atoms with E-state index in [1.54, 1.807) is 0 Å². The van der Waals surface area contributed by atoms with Gasteiger partial charge in [0.1, 0.15) is 6.29 Å². The summed E-state index contributed by atoms with van der Waals surface area (Å²) < 4.78 is 5.23. The molecule has 0 aromatic carbocycles. The summed E-state index contributed by atoms with van der Waals surface area (Å²) in [4.78, 5) is 22.9. The van der Waals surface area contributed by atoms with Crippen LogP contribution in [0, 0.1) is 16.2 Å². The van der Waals surface area contributed by atoms with E-state index in [1.165, 1.54) is 0 Å². The largest absolute Gasteiger partial charge is 0.465 e. The van der Waals surface area contributed by atoms with Crippen LogP contribution in [0.5, 0.6) is 0 Å². The summed E-state index contributed by atoms with van der Waals surface area (Å²) in [5, 5.41) is 0. The summed E-state index contributed by atoms with van der Waals surface area (Å²) in [5.41, 5.74) is -0.835. The molecule has 1 aliphatic carbocycles. The first-order valence-corrected chi connectivity index (χ1v) is 5.45. The van der Waals surface area contributed by atoms with Crippen LogP contribution >= 0.6 is 0 Å². The Morgan fingerprint density at radius 2 is 1.87 bits per heavy atom. The first-order valence-electron chi connectivity index (χ1n) is 5.45. The van der Waals surface area contributed by atoms with Gasteiger partial charge in [0.2, 0.25) is 0 Å². The molecule has 1 heterocycles. The van der Waals surface area contributed by atoms with Crippen molar-refractivity contribution in [2.24, 2.45) is 16.2 Å². The molecule has 3 nitrogen and oxygen atoms in total. The van der Waals surface area contributed by atoms with Crippen LogP contribution < -0.4 is 0 Å². The molecule has 15 heavy (non-hydrogen) atoms. The zero-order valence-corrected chi connectivity index (χ0v) is 9.63. The van der Waals surface area contributed by atoms with E-state index >= 15 is 0 Å². The normalized spacial score (nSPS) is 49.7. The summed E-state index contributed by atoms with van der Waals surface area (Å²) in [6.45, 7) is 6.45. The topological polar surface area (TPSA) is 43.4 Å². The molecule has 2 rings (SSSR count). The van der Waals surface area contributed by atoms with Crippen LogP contribution in [0.1, 0.15) is 40.0 Å². The Hall–Kier alpha value is -0.860. The first kappa shape index (κ1) is 10.7. The minimum absolute atomic E-state index is 0.0173. The highest BCUT2D eigenvalue weighted by Crippen LogP contribution is 2.56. The third kappa shape index (κ3) is 1.58. The van der Waals surface area contributed by atoms with Crippen molar-refractivity contribution in [3.8, 4) is 0 Å². The van der Waals surface area contributed by atoms with Crippen molar-refractivity contribution in [1.82, 2.24) is 0 Å². The Morgan fingerprint density at radius 1 is 1.20 bits per heavy atom. The van der Waals surface area contributed by atoms with Crippen molar-refractivity contribution < 1.29 is 14.3 Å². The number of fused-ring (bicyclic) bond motifs is 2. The smallest absolute Gasteiger partial charge is 0.311 e. The minimum atomic E-state index is -0.457. The number of cyclic esters (lactones) is 1. The molecule has 1 saturated carbocycles. The van der Waals surface area contributed by atoms with Crippen molar-refractivity contribution in [3.05, 3.63) is 0 Å². The van der Waals surface area contributed by atoms with Crippen molar-refractivity contribution in [2.45, 2.75) is 40.0 Å². The maximum Gasteiger partial charge on any atom is 0.311 e. The molecule has 2 bridgehead atoms. The van der Waals surface area contributed by atoms with Gasteiger partial charge in [-0.1, -0.05) is 13.8 Å². The fourth-order valence-corrected chi connectivity index (χ4v) is 3.74. The molecule has 0 amide bonds. The first-order chi connectivity index (χ1) is 6.81. The molecule has 1 aliphatic heterocycles. The maximum atomic E-state index is 11.7. The zero-order valence-electron chi connectivity index (χ0n) is 9.63. The minimum Gasteiger partial charge on any atom is -0.465 e. The lowest BCUT2D eigenvalue weighted by molar-refractivity contribution is -0.186. The second-order valence-corrected chi connectivity index (χ2v) is 6.25. The number of aldehydes is 1. The van der Waals surface area contributed by atoms with Crippen LogP contribution in [-0.4, -0.2) is 18.9 Å². The van der Waals surface area contributed by atoms with Crippen molar-refractivity contribution in [2.75, 3.05) is 6.61 Å². The molecule has 0 N–H and O–H groups in total. The van der Waals surface area contributed by atoms with Crippen LogP contribution in [0.15, 0.2) is 0 Å². The van der Waals surface area contributed by atoms with Gasteiger partial charge < -0.3 is 9.53 Å². The number of hydrogen-bond acceptors (Lipinski definition) is 3. The van der Waals surface area contributed by atoms with Crippen molar-refractivity contribution in [1.29, 1.82) is 0 Å². The molecule has 3 atom stereocenters. The van der Waals surface area contributed by atoms with E-state index in [9.17, 15) is 9.59 Å². The zero-order chi connectivity index (χ0) is 11.3. The van der Waals surface area contributed by atoms with Gasteiger partial charge in [-0.25, -0.2) is 0 Å². The highest BCUT2D eigenvalue weighted by atomic mass is 16.5. The number of hydrogen-bond donors (Lipinski definition) is 0. The van der Waals surface area contributed by atoms with E-state index in [0.29, 0.717) is 13.0 Å². The van der Waals surface area contributed by atoms with E-state index in [1.807, 2.05) is 13.8 Å². The van der Waals surface area contributed by atoms with Crippen molar-refractivity contribution >= 4 is 12.3 Å². The van der Waals surface area contributed by atoms with Crippen LogP contribution in [0.3, 0.4) is 0 Å². The van der Waals surface area contributed by atoms with Gasteiger partial charge in [-0.3, -0.25) is 4.79 Å². The van der Waals surface area contributed by atoms with Gasteiger partial charge in [-0.2, -0.15) is 0 Å². The molecule has 0 aromatic heterocycles. The highest BCUT2D eigenvalue weighted by Gasteiger charge is 2.56. The van der Waals surface area contributed by atoms with E-state index in [0.717, 1.165) is 19.1 Å². The standard InChI is InChI=1S/C12H18O3/c1-10(7-13)4-11(2)6-12(3,5-10)9(14)15-8-11/h7H,4-6,8H2,1-3H3/t10-,11+,12-/m0/s1. The van der Waals surface area contributed by atoms with E-state index in [4.69, 9.17) is 4.74 Å². The number of carbonyl (C=O) groups is 2. The van der Waals surface area contributed by atoms with Crippen LogP contribution in [0.25, 0.3) is 0 Å². The average molecular weight is 210 g/mol. The van der Waals surface area contributed by atoms with Gasteiger partial charge in [-0.05, 0) is 26.2 Å². The van der Waals surface area contributed by atoms with Gasteiger partial charge in [0.15, 0.2) is 0 Å². The fraction of sp³-hybridized carbons (Fsp3) is 0.833. The predicted octanol–water partition coefficient (Wildman–Crippen LogP) is 1.94. The highest BCUT2D eigenvalue weighted by molar-refractivity contribution is 5.79. The van der Waals surface area contributed by atoms with Crippen LogP contribution in [0.4, 0.5) is 0 Å². The molecular formula is C12H18O3. The molecule has 84 valence electrons. The SMILES string of the molecule is C[C@]1(C=O)C[C@@]2(C)COC(=O)[C@@](C)(C1)C2. The second-order valence-electron chi connectivity index (χ2n) is 6.25. The molecule has 0 spiro atoms. The summed E-state index contributed by atoms with van der Waals surface area (Å²) >= 11 is 0. The monoisotopic (exact) mass is 210 g/mol. The third-order valence-electron chi connectivity index (χ3n) is 3.77. The Kier molecular flexibility index (Phi) is 2.01. The Morgan fingerprint density at radius 3 is 2.47 bits per heavy atom. The Labute approximate surface area is 90.2 Å². The molecular weight excluding hydrogens is 192 g/mol. The fourth-order valence-electron chi connectivity index (χ4n) is 3.74. The van der Waals surface area contributed by atoms with Crippen molar-refractivity contribution in [3.63, 3.8) is 0 Å². The number of esters is 1. The van der Waals surface area contributed by atoms with E-state index in [2.05, 4.69) is 6.92 Å². The van der Waals surface area contributed by atoms with Gasteiger partial charge >= 0.3 is 5.97 Å². The molecule has 0 aromatic rings. The summed E-state index contributed by atoms with van der Waals surface area (Å²) in [7, 11) is 0. The Balaban J connectivity index is 2.38. The Bertz CT molecular complexity index is 321. The summed E-state index contributed by atoms with van der Waals surface area (Å²) in [5.74, 6) is -0.132. The lowest BCUT2D eigenvalue weighted by Crippen LogP contribution is -2.53. The lowest BCUT2D eigenvalue weighted by Gasteiger charge is -2.52. The van der Waals surface area contributed by atoms with Crippen LogP contribution in [0.2, 0.25) is 0 Å². The van der Waals surface area contributed by atoms with Gasteiger partial charge in [0, 0.05) is 10.8 Å². The van der Waals surface area contributed by atoms with Gasteiger partial charge in [0.05, 0.1) is 12.0 Å². The number of ether oxygens (including phenoxy) is 1. The average Bonchev–Trinajstić information content (AvgIpc) is 2.11. The molecule has 1 saturated heterocycles. The van der Waals surface area contributed by atoms with E-state index in [-0.39, 0.29) is 16.8 Å². The second kappa shape index (κ2) is 2.83. The molecule has 0 unspecified atom stereocenters. The van der Waals surface area contributed by atoms with E-state index < -0.39 is 5.41 Å². The quantitative estimate of drug-likeness (QED) is 0.490. The van der Waals surface area contributed by atoms with Gasteiger partial charge in [0.25, 0.3) is 0 Å².